The zero-order chi connectivity index (χ0) is 28.7. The highest BCUT2D eigenvalue weighted by molar-refractivity contribution is 7.09. The molecule has 0 saturated heterocycles. The molecule has 1 N–H and O–H groups in total. The minimum absolute atomic E-state index is 0.153. The number of aromatic nitrogens is 1. The van der Waals surface area contributed by atoms with Crippen LogP contribution in [0.25, 0.3) is 11.3 Å². The molecule has 8 nitrogen and oxygen atoms in total. The van der Waals surface area contributed by atoms with Gasteiger partial charge in [0.15, 0.2) is 0 Å². The lowest BCUT2D eigenvalue weighted by molar-refractivity contribution is -0.144. The number of nitrogens with zero attached hydrogens (tertiary/aromatic N) is 2. The Hall–Kier alpha value is -4.37. The zero-order valence-electron chi connectivity index (χ0n) is 23.3. The van der Waals surface area contributed by atoms with Gasteiger partial charge in [0.05, 0.1) is 45.7 Å². The SMILES string of the molecule is COc1ccc(-c2csc(CN(C(=O)Cc3ccccc3)C(C)(C)C(=O)Nc3ccc(OC)cc3OC)n2)cc1. The fourth-order valence-electron chi connectivity index (χ4n) is 4.18. The maximum atomic E-state index is 13.7. The van der Waals surface area contributed by atoms with Gasteiger partial charge in [0.2, 0.25) is 11.8 Å². The summed E-state index contributed by atoms with van der Waals surface area (Å²) in [4.78, 5) is 33.8. The Morgan fingerprint density at radius 3 is 2.23 bits per heavy atom. The molecular weight excluding hydrogens is 526 g/mol. The van der Waals surface area contributed by atoms with Crippen LogP contribution in [0.3, 0.4) is 0 Å². The van der Waals surface area contributed by atoms with Gasteiger partial charge in [-0.1, -0.05) is 30.3 Å². The summed E-state index contributed by atoms with van der Waals surface area (Å²) in [6, 6.07) is 22.3. The smallest absolute Gasteiger partial charge is 0.249 e. The van der Waals surface area contributed by atoms with Crippen molar-refractivity contribution in [2.24, 2.45) is 0 Å². The molecule has 1 heterocycles. The van der Waals surface area contributed by atoms with Crippen LogP contribution in [0.4, 0.5) is 5.69 Å². The van der Waals surface area contributed by atoms with Gasteiger partial charge in [0.1, 0.15) is 27.8 Å². The van der Waals surface area contributed by atoms with Crippen molar-refractivity contribution in [3.63, 3.8) is 0 Å². The first-order chi connectivity index (χ1) is 19.2. The van der Waals surface area contributed by atoms with Crippen LogP contribution in [0.15, 0.2) is 78.2 Å². The molecule has 9 heteroatoms. The topological polar surface area (TPSA) is 90.0 Å². The largest absolute Gasteiger partial charge is 0.497 e. The summed E-state index contributed by atoms with van der Waals surface area (Å²) in [7, 11) is 4.71. The van der Waals surface area contributed by atoms with Crippen molar-refractivity contribution in [3.05, 3.63) is 88.7 Å². The van der Waals surface area contributed by atoms with E-state index in [1.165, 1.54) is 18.4 Å². The maximum absolute atomic E-state index is 13.7. The normalized spacial score (nSPS) is 11.0. The summed E-state index contributed by atoms with van der Waals surface area (Å²) in [5.41, 5.74) is 1.86. The minimum Gasteiger partial charge on any atom is -0.497 e. The minimum atomic E-state index is -1.22. The number of ether oxygens (including phenoxy) is 3. The van der Waals surface area contributed by atoms with Crippen LogP contribution in [-0.4, -0.2) is 48.6 Å². The lowest BCUT2D eigenvalue weighted by atomic mass is 9.99. The Labute approximate surface area is 238 Å². The van der Waals surface area contributed by atoms with E-state index in [1.807, 2.05) is 60.0 Å². The van der Waals surface area contributed by atoms with Crippen LogP contribution >= 0.6 is 11.3 Å². The van der Waals surface area contributed by atoms with E-state index >= 15 is 0 Å². The summed E-state index contributed by atoms with van der Waals surface area (Å²) >= 11 is 1.45. The van der Waals surface area contributed by atoms with Crippen LogP contribution in [0, 0.1) is 0 Å². The Kier molecular flexibility index (Phi) is 9.06. The van der Waals surface area contributed by atoms with Gasteiger partial charge in [0.25, 0.3) is 0 Å². The highest BCUT2D eigenvalue weighted by atomic mass is 32.1. The molecule has 0 saturated carbocycles. The van der Waals surface area contributed by atoms with E-state index in [4.69, 9.17) is 19.2 Å². The molecule has 4 aromatic rings. The molecule has 0 aliphatic rings. The molecule has 0 spiro atoms. The molecule has 0 aliphatic carbocycles. The average Bonchev–Trinajstić information content (AvgIpc) is 3.45. The molecule has 0 unspecified atom stereocenters. The molecule has 0 radical (unpaired) electrons. The zero-order valence-corrected chi connectivity index (χ0v) is 24.1. The molecule has 1 aromatic heterocycles. The van der Waals surface area contributed by atoms with Crippen molar-refractivity contribution in [1.82, 2.24) is 9.88 Å². The maximum Gasteiger partial charge on any atom is 0.249 e. The first-order valence-electron chi connectivity index (χ1n) is 12.7. The van der Waals surface area contributed by atoms with Crippen molar-refractivity contribution < 1.29 is 23.8 Å². The molecule has 0 bridgehead atoms. The van der Waals surface area contributed by atoms with Crippen LogP contribution < -0.4 is 19.5 Å². The summed E-state index contributed by atoms with van der Waals surface area (Å²) in [5, 5.41) is 5.61. The Morgan fingerprint density at radius 2 is 1.57 bits per heavy atom. The van der Waals surface area contributed by atoms with Crippen LogP contribution in [-0.2, 0) is 22.6 Å². The quantitative estimate of drug-likeness (QED) is 0.249. The van der Waals surface area contributed by atoms with Gasteiger partial charge >= 0.3 is 0 Å². The van der Waals surface area contributed by atoms with Gasteiger partial charge in [-0.2, -0.15) is 0 Å². The van der Waals surface area contributed by atoms with E-state index in [9.17, 15) is 9.59 Å². The number of benzene rings is 3. The van der Waals surface area contributed by atoms with Gasteiger partial charge < -0.3 is 24.4 Å². The number of hydrogen-bond donors (Lipinski definition) is 1. The van der Waals surface area contributed by atoms with Gasteiger partial charge in [-0.25, -0.2) is 4.98 Å². The molecule has 208 valence electrons. The van der Waals surface area contributed by atoms with Gasteiger partial charge in [-0.05, 0) is 55.8 Å². The second-order valence-electron chi connectivity index (χ2n) is 9.58. The predicted molar refractivity (Wildman–Crippen MR) is 157 cm³/mol. The molecule has 3 aromatic carbocycles. The number of hydrogen-bond acceptors (Lipinski definition) is 7. The Balaban J connectivity index is 1.61. The molecular formula is C31H33N3O5S. The Morgan fingerprint density at radius 1 is 0.900 bits per heavy atom. The highest BCUT2D eigenvalue weighted by Crippen LogP contribution is 2.32. The summed E-state index contributed by atoms with van der Waals surface area (Å²) in [5.74, 6) is 1.27. The third kappa shape index (κ3) is 6.60. The van der Waals surface area contributed by atoms with E-state index in [-0.39, 0.29) is 24.8 Å². The summed E-state index contributed by atoms with van der Waals surface area (Å²) < 4.78 is 16.0. The Bertz CT molecular complexity index is 1450. The molecule has 40 heavy (non-hydrogen) atoms. The third-order valence-electron chi connectivity index (χ3n) is 6.62. The van der Waals surface area contributed by atoms with Crippen LogP contribution in [0.5, 0.6) is 17.2 Å². The van der Waals surface area contributed by atoms with Crippen molar-refractivity contribution in [3.8, 4) is 28.5 Å². The summed E-state index contributed by atoms with van der Waals surface area (Å²) in [6.07, 6.45) is 0.153. The van der Waals surface area contributed by atoms with Crippen molar-refractivity contribution in [1.29, 1.82) is 0 Å². The van der Waals surface area contributed by atoms with E-state index in [0.717, 1.165) is 27.6 Å². The number of methoxy groups -OCH3 is 3. The number of thiazole rings is 1. The fourth-order valence-corrected chi connectivity index (χ4v) is 4.97. The standard InChI is InChI=1S/C31H33N3O5S/c1-31(2,30(36)33-25-16-15-24(38-4)18-27(25)39-5)34(29(35)17-21-9-7-6-8-10-21)19-28-32-26(20-40-28)22-11-13-23(37-3)14-12-22/h6-16,18,20H,17,19H2,1-5H3,(H,33,36). The second kappa shape index (κ2) is 12.7. The van der Waals surface area contributed by atoms with Crippen LogP contribution in [0.1, 0.15) is 24.4 Å². The van der Waals surface area contributed by atoms with Crippen molar-refractivity contribution in [2.75, 3.05) is 26.6 Å². The van der Waals surface area contributed by atoms with Crippen molar-refractivity contribution in [2.45, 2.75) is 32.4 Å². The summed E-state index contributed by atoms with van der Waals surface area (Å²) in [6.45, 7) is 3.64. The monoisotopic (exact) mass is 559 g/mol. The number of rotatable bonds is 11. The lowest BCUT2D eigenvalue weighted by Gasteiger charge is -2.37. The van der Waals surface area contributed by atoms with Gasteiger partial charge in [-0.15, -0.1) is 11.3 Å². The third-order valence-corrected chi connectivity index (χ3v) is 7.45. The number of carbonyl (C=O) groups excluding carboxylic acids is 2. The van der Waals surface area contributed by atoms with Crippen molar-refractivity contribution >= 4 is 28.8 Å². The highest BCUT2D eigenvalue weighted by Gasteiger charge is 2.38. The van der Waals surface area contributed by atoms with E-state index in [1.54, 1.807) is 51.2 Å². The number of nitrogens with one attached hydrogen (secondary N) is 1. The van der Waals surface area contributed by atoms with E-state index < -0.39 is 5.54 Å². The van der Waals surface area contributed by atoms with E-state index in [0.29, 0.717) is 17.2 Å². The predicted octanol–water partition coefficient (Wildman–Crippen LogP) is 5.82. The number of anilines is 1. The molecule has 0 fully saturated rings. The molecule has 2 amide bonds. The molecule has 4 rings (SSSR count). The second-order valence-corrected chi connectivity index (χ2v) is 10.5. The average molecular weight is 560 g/mol. The molecule has 0 atom stereocenters. The molecule has 0 aliphatic heterocycles. The lowest BCUT2D eigenvalue weighted by Crippen LogP contribution is -2.55. The van der Waals surface area contributed by atoms with Gasteiger partial charge in [0, 0.05) is 17.0 Å². The van der Waals surface area contributed by atoms with Gasteiger partial charge in [-0.3, -0.25) is 9.59 Å². The first kappa shape index (κ1) is 28.6. The van der Waals surface area contributed by atoms with Crippen LogP contribution in [0.2, 0.25) is 0 Å². The van der Waals surface area contributed by atoms with E-state index in [2.05, 4.69) is 5.32 Å². The first-order valence-corrected chi connectivity index (χ1v) is 13.6. The number of amides is 2. The number of carbonyl (C=O) groups is 2. The fraction of sp³-hybridized carbons (Fsp3) is 0.258.